The second-order valence-electron chi connectivity index (χ2n) is 8.50. The summed E-state index contributed by atoms with van der Waals surface area (Å²) in [4.78, 5) is 19.5. The molecule has 0 spiro atoms. The van der Waals surface area contributed by atoms with Crippen LogP contribution in [0.5, 0.6) is 0 Å². The van der Waals surface area contributed by atoms with Gasteiger partial charge in [0.25, 0.3) is 0 Å². The lowest BCUT2D eigenvalue weighted by Gasteiger charge is -2.13. The van der Waals surface area contributed by atoms with Crippen LogP contribution >= 0.6 is 22.7 Å². The molecule has 158 valence electrons. The molecule has 0 saturated carbocycles. The summed E-state index contributed by atoms with van der Waals surface area (Å²) in [5.74, 6) is 0.0519. The predicted molar refractivity (Wildman–Crippen MR) is 133 cm³/mol. The van der Waals surface area contributed by atoms with Crippen LogP contribution in [0.2, 0.25) is 0 Å². The highest BCUT2D eigenvalue weighted by Crippen LogP contribution is 2.46. The lowest BCUT2D eigenvalue weighted by atomic mass is 9.95. The summed E-state index contributed by atoms with van der Waals surface area (Å²) in [5, 5.41) is 5.27. The average Bonchev–Trinajstić information content (AvgIpc) is 3.31. The van der Waals surface area contributed by atoms with E-state index in [1.54, 1.807) is 22.7 Å². The van der Waals surface area contributed by atoms with Crippen molar-refractivity contribution in [2.24, 2.45) is 0 Å². The molecule has 0 fully saturated rings. The third-order valence-electron chi connectivity index (χ3n) is 6.11. The Morgan fingerprint density at radius 2 is 1.77 bits per heavy atom. The van der Waals surface area contributed by atoms with E-state index in [2.05, 4.69) is 56.4 Å². The van der Waals surface area contributed by atoms with Gasteiger partial charge in [0.15, 0.2) is 0 Å². The summed E-state index contributed by atoms with van der Waals surface area (Å²) in [6.45, 7) is 6.29. The van der Waals surface area contributed by atoms with Gasteiger partial charge in [-0.05, 0) is 80.8 Å². The molecular formula is C26H26N2OS2. The molecule has 4 aromatic rings. The summed E-state index contributed by atoms with van der Waals surface area (Å²) in [5.41, 5.74) is 8.32. The van der Waals surface area contributed by atoms with Crippen molar-refractivity contribution in [1.82, 2.24) is 4.98 Å². The molecule has 0 atom stereocenters. The molecule has 1 N–H and O–H groups in total. The second kappa shape index (κ2) is 8.21. The molecule has 2 heterocycles. The number of carbonyl (C=O) groups excluding carboxylic acids is 1. The van der Waals surface area contributed by atoms with Gasteiger partial charge >= 0.3 is 0 Å². The maximum atomic E-state index is 13.1. The average molecular weight is 447 g/mol. The SMILES string of the molecule is Cc1cc(C)c(CC(=O)Nc2sc3c(c2-c2nc4ccccc4s2)CCCC3)c(C)c1. The van der Waals surface area contributed by atoms with Crippen LogP contribution in [0, 0.1) is 20.8 Å². The van der Waals surface area contributed by atoms with E-state index in [0.717, 1.165) is 39.5 Å². The number of carbonyl (C=O) groups is 1. The van der Waals surface area contributed by atoms with Gasteiger partial charge in [0.2, 0.25) is 5.91 Å². The second-order valence-corrected chi connectivity index (χ2v) is 10.6. The normalized spacial score (nSPS) is 13.4. The Kier molecular flexibility index (Phi) is 5.40. The van der Waals surface area contributed by atoms with Crippen molar-refractivity contribution in [3.05, 3.63) is 69.1 Å². The van der Waals surface area contributed by atoms with Crippen LogP contribution in [0.1, 0.15) is 45.5 Å². The van der Waals surface area contributed by atoms with Gasteiger partial charge in [-0.1, -0.05) is 29.8 Å². The summed E-state index contributed by atoms with van der Waals surface area (Å²) >= 11 is 3.47. The van der Waals surface area contributed by atoms with Crippen LogP contribution in [0.3, 0.4) is 0 Å². The number of thiazole rings is 1. The van der Waals surface area contributed by atoms with Crippen LogP contribution < -0.4 is 5.32 Å². The van der Waals surface area contributed by atoms with E-state index in [0.29, 0.717) is 6.42 Å². The van der Waals surface area contributed by atoms with E-state index in [1.165, 1.54) is 44.7 Å². The fraction of sp³-hybridized carbons (Fsp3) is 0.308. The van der Waals surface area contributed by atoms with E-state index in [1.807, 2.05) is 6.07 Å². The van der Waals surface area contributed by atoms with Crippen LogP contribution in [0.25, 0.3) is 20.8 Å². The predicted octanol–water partition coefficient (Wildman–Crippen LogP) is 7.01. The molecular weight excluding hydrogens is 420 g/mol. The van der Waals surface area contributed by atoms with Crippen LogP contribution in [0.15, 0.2) is 36.4 Å². The molecule has 5 heteroatoms. The van der Waals surface area contributed by atoms with Crippen molar-refractivity contribution in [2.45, 2.75) is 52.9 Å². The number of anilines is 1. The van der Waals surface area contributed by atoms with E-state index in [-0.39, 0.29) is 5.91 Å². The van der Waals surface area contributed by atoms with Gasteiger partial charge in [0.1, 0.15) is 10.0 Å². The minimum Gasteiger partial charge on any atom is -0.317 e. The van der Waals surface area contributed by atoms with Gasteiger partial charge in [-0.25, -0.2) is 4.98 Å². The molecule has 5 rings (SSSR count). The maximum absolute atomic E-state index is 13.1. The number of aryl methyl sites for hydroxylation is 4. The molecule has 0 aliphatic heterocycles. The number of nitrogens with one attached hydrogen (secondary N) is 1. The summed E-state index contributed by atoms with van der Waals surface area (Å²) in [6.07, 6.45) is 5.01. The topological polar surface area (TPSA) is 42.0 Å². The van der Waals surface area contributed by atoms with E-state index < -0.39 is 0 Å². The number of benzene rings is 2. The number of amides is 1. The Hall–Kier alpha value is -2.50. The molecule has 0 saturated heterocycles. The zero-order valence-electron chi connectivity index (χ0n) is 18.2. The summed E-state index contributed by atoms with van der Waals surface area (Å²) in [6, 6.07) is 12.6. The largest absolute Gasteiger partial charge is 0.317 e. The molecule has 2 aromatic heterocycles. The monoisotopic (exact) mass is 446 g/mol. The maximum Gasteiger partial charge on any atom is 0.229 e. The highest BCUT2D eigenvalue weighted by Gasteiger charge is 2.25. The Morgan fingerprint density at radius 3 is 2.55 bits per heavy atom. The Balaban J connectivity index is 1.51. The number of hydrogen-bond donors (Lipinski definition) is 1. The molecule has 2 aromatic carbocycles. The first kappa shape index (κ1) is 20.4. The molecule has 0 unspecified atom stereocenters. The van der Waals surface area contributed by atoms with Crippen molar-refractivity contribution < 1.29 is 4.79 Å². The minimum absolute atomic E-state index is 0.0519. The van der Waals surface area contributed by atoms with Gasteiger partial charge < -0.3 is 5.32 Å². The Labute approximate surface area is 191 Å². The lowest BCUT2D eigenvalue weighted by Crippen LogP contribution is -2.15. The van der Waals surface area contributed by atoms with Crippen molar-refractivity contribution in [1.29, 1.82) is 0 Å². The third-order valence-corrected chi connectivity index (χ3v) is 8.37. The highest BCUT2D eigenvalue weighted by atomic mass is 32.1. The Bertz CT molecular complexity index is 1240. The standard InChI is InChI=1S/C26H26N2OS2/c1-15-12-16(2)19(17(3)13-15)14-23(29)28-26-24(18-8-4-6-10-21(18)30-26)25-27-20-9-5-7-11-22(20)31-25/h5,7,9,11-13H,4,6,8,10,14H2,1-3H3,(H,28,29). The quantitative estimate of drug-likeness (QED) is 0.366. The molecule has 0 bridgehead atoms. The zero-order chi connectivity index (χ0) is 21.5. The van der Waals surface area contributed by atoms with Gasteiger partial charge in [-0.3, -0.25) is 4.79 Å². The van der Waals surface area contributed by atoms with E-state index >= 15 is 0 Å². The number of thiophene rings is 1. The van der Waals surface area contributed by atoms with Crippen molar-refractivity contribution in [3.63, 3.8) is 0 Å². The van der Waals surface area contributed by atoms with Crippen LogP contribution in [0.4, 0.5) is 5.00 Å². The van der Waals surface area contributed by atoms with Crippen LogP contribution in [-0.2, 0) is 24.1 Å². The first-order chi connectivity index (χ1) is 15.0. The van der Waals surface area contributed by atoms with Gasteiger partial charge in [-0.2, -0.15) is 0 Å². The Morgan fingerprint density at radius 1 is 1.03 bits per heavy atom. The fourth-order valence-corrected chi connectivity index (χ4v) is 7.10. The molecule has 31 heavy (non-hydrogen) atoms. The molecule has 0 radical (unpaired) electrons. The van der Waals surface area contributed by atoms with Crippen molar-refractivity contribution >= 4 is 43.8 Å². The lowest BCUT2D eigenvalue weighted by molar-refractivity contribution is -0.115. The summed E-state index contributed by atoms with van der Waals surface area (Å²) < 4.78 is 1.19. The first-order valence-electron chi connectivity index (χ1n) is 10.9. The number of nitrogens with zero attached hydrogens (tertiary/aromatic N) is 1. The van der Waals surface area contributed by atoms with E-state index in [9.17, 15) is 4.79 Å². The highest BCUT2D eigenvalue weighted by molar-refractivity contribution is 7.22. The zero-order valence-corrected chi connectivity index (χ0v) is 19.8. The molecule has 1 amide bonds. The van der Waals surface area contributed by atoms with Gasteiger partial charge in [0, 0.05) is 10.4 Å². The minimum atomic E-state index is 0.0519. The number of para-hydroxylation sites is 1. The van der Waals surface area contributed by atoms with Crippen LogP contribution in [-0.4, -0.2) is 10.9 Å². The smallest absolute Gasteiger partial charge is 0.229 e. The summed E-state index contributed by atoms with van der Waals surface area (Å²) in [7, 11) is 0. The fourth-order valence-electron chi connectivity index (χ4n) is 4.68. The number of rotatable bonds is 4. The number of fused-ring (bicyclic) bond motifs is 2. The molecule has 1 aliphatic carbocycles. The first-order valence-corrected chi connectivity index (χ1v) is 12.5. The molecule has 1 aliphatic rings. The number of hydrogen-bond acceptors (Lipinski definition) is 4. The molecule has 3 nitrogen and oxygen atoms in total. The van der Waals surface area contributed by atoms with E-state index in [4.69, 9.17) is 4.98 Å². The van der Waals surface area contributed by atoms with Gasteiger partial charge in [-0.15, -0.1) is 22.7 Å². The number of aromatic nitrogens is 1. The van der Waals surface area contributed by atoms with Crippen molar-refractivity contribution in [2.75, 3.05) is 5.32 Å². The van der Waals surface area contributed by atoms with Gasteiger partial charge in [0.05, 0.1) is 16.6 Å². The third kappa shape index (κ3) is 3.92. The van der Waals surface area contributed by atoms with Crippen molar-refractivity contribution in [3.8, 4) is 10.6 Å².